The number of amides is 4. The molecule has 0 radical (unpaired) electrons. The van der Waals surface area contributed by atoms with Crippen molar-refractivity contribution >= 4 is 29.8 Å². The summed E-state index contributed by atoms with van der Waals surface area (Å²) in [4.78, 5) is 62.0. The van der Waals surface area contributed by atoms with Crippen LogP contribution in [0, 0.1) is 11.8 Å². The molecule has 10 heteroatoms. The number of carbonyl (C=O) groups excluding carboxylic acids is 5. The molecule has 10 nitrogen and oxygen atoms in total. The molecule has 2 N–H and O–H groups in total. The Balaban J connectivity index is 1.57. The lowest BCUT2D eigenvalue weighted by Gasteiger charge is -2.26. The third-order valence-corrected chi connectivity index (χ3v) is 5.38. The van der Waals surface area contributed by atoms with Gasteiger partial charge in [0.15, 0.2) is 0 Å². The molecule has 162 valence electrons. The lowest BCUT2D eigenvalue weighted by molar-refractivity contribution is -0.146. The van der Waals surface area contributed by atoms with Gasteiger partial charge < -0.3 is 20.1 Å². The van der Waals surface area contributed by atoms with E-state index in [2.05, 4.69) is 10.6 Å². The molecule has 2 aliphatic heterocycles. The first-order valence-electron chi connectivity index (χ1n) is 9.97. The van der Waals surface area contributed by atoms with Gasteiger partial charge in [-0.1, -0.05) is 12.2 Å². The third kappa shape index (κ3) is 4.37. The second kappa shape index (κ2) is 9.10. The number of nitrogens with zero attached hydrogens (tertiary/aromatic N) is 1. The number of rotatable bonds is 7. The summed E-state index contributed by atoms with van der Waals surface area (Å²) < 4.78 is 10.2. The summed E-state index contributed by atoms with van der Waals surface area (Å²) in [6.45, 7) is 3.04. The molecule has 1 fully saturated rings. The summed E-state index contributed by atoms with van der Waals surface area (Å²) in [5.41, 5.74) is 0.314. The minimum atomic E-state index is -0.653. The summed E-state index contributed by atoms with van der Waals surface area (Å²) in [6, 6.07) is -1.13. The number of urea groups is 1. The fraction of sp³-hybridized carbons (Fsp3) is 0.550. The van der Waals surface area contributed by atoms with E-state index in [-0.39, 0.29) is 61.1 Å². The van der Waals surface area contributed by atoms with Gasteiger partial charge in [-0.25, -0.2) is 9.59 Å². The minimum absolute atomic E-state index is 0.0579. The molecule has 4 amide bonds. The van der Waals surface area contributed by atoms with Crippen molar-refractivity contribution in [2.45, 2.75) is 39.2 Å². The fourth-order valence-electron chi connectivity index (χ4n) is 3.91. The smallest absolute Gasteiger partial charge is 0.338 e. The maximum Gasteiger partial charge on any atom is 0.338 e. The van der Waals surface area contributed by atoms with Crippen LogP contribution in [0.2, 0.25) is 0 Å². The molecule has 0 aromatic carbocycles. The van der Waals surface area contributed by atoms with E-state index in [9.17, 15) is 24.0 Å². The van der Waals surface area contributed by atoms with Gasteiger partial charge in [0.2, 0.25) is 11.8 Å². The van der Waals surface area contributed by atoms with E-state index in [0.29, 0.717) is 12.8 Å². The summed E-state index contributed by atoms with van der Waals surface area (Å²) >= 11 is 0. The normalized spacial score (nSPS) is 25.6. The molecule has 0 aromatic rings. The topological polar surface area (TPSA) is 131 Å². The van der Waals surface area contributed by atoms with Crippen molar-refractivity contribution in [1.82, 2.24) is 15.5 Å². The molecular formula is C20H25N3O7. The van der Waals surface area contributed by atoms with Crippen LogP contribution in [-0.2, 0) is 28.7 Å². The summed E-state index contributed by atoms with van der Waals surface area (Å²) in [5.74, 6) is -2.47. The highest BCUT2D eigenvalue weighted by molar-refractivity contribution is 6.05. The summed E-state index contributed by atoms with van der Waals surface area (Å²) in [6.07, 6.45) is 4.69. The van der Waals surface area contributed by atoms with Crippen LogP contribution in [0.1, 0.15) is 33.1 Å². The molecule has 0 unspecified atom stereocenters. The Labute approximate surface area is 173 Å². The third-order valence-electron chi connectivity index (χ3n) is 5.38. The lowest BCUT2D eigenvalue weighted by Crippen LogP contribution is -2.50. The van der Waals surface area contributed by atoms with E-state index >= 15 is 0 Å². The largest absolute Gasteiger partial charge is 0.463 e. The standard InChI is InChI=1S/C20H25N3O7/c1-3-29-19(27)16-11(2)21-20(28)22-14(16)10-30-15(24)8-9-23-17(25)12-6-4-5-7-13(12)18(23)26/h4-5,11-13H,3,6-10H2,1-2H3,(H2,21,22,28)/t11-,12-,13-/m0/s1. The predicted molar refractivity (Wildman–Crippen MR) is 102 cm³/mol. The predicted octanol–water partition coefficient (Wildman–Crippen LogP) is 0.389. The van der Waals surface area contributed by atoms with Crippen LogP contribution < -0.4 is 10.6 Å². The monoisotopic (exact) mass is 419 g/mol. The molecule has 3 atom stereocenters. The van der Waals surface area contributed by atoms with E-state index in [1.165, 1.54) is 0 Å². The highest BCUT2D eigenvalue weighted by Gasteiger charge is 2.47. The first kappa shape index (κ1) is 21.5. The Hall–Kier alpha value is -3.17. The van der Waals surface area contributed by atoms with E-state index in [4.69, 9.17) is 9.47 Å². The summed E-state index contributed by atoms with van der Waals surface area (Å²) in [7, 11) is 0. The number of esters is 2. The van der Waals surface area contributed by atoms with Crippen molar-refractivity contribution in [3.05, 3.63) is 23.4 Å². The number of nitrogens with one attached hydrogen (secondary N) is 2. The number of carbonyl (C=O) groups is 5. The molecular weight excluding hydrogens is 394 g/mol. The van der Waals surface area contributed by atoms with E-state index < -0.39 is 24.0 Å². The molecule has 2 heterocycles. The Morgan fingerprint density at radius 1 is 1.10 bits per heavy atom. The molecule has 1 aliphatic carbocycles. The number of allylic oxidation sites excluding steroid dienone is 2. The lowest BCUT2D eigenvalue weighted by atomic mass is 9.85. The van der Waals surface area contributed by atoms with Gasteiger partial charge in [0.1, 0.15) is 6.61 Å². The van der Waals surface area contributed by atoms with E-state index in [1.807, 2.05) is 12.2 Å². The zero-order chi connectivity index (χ0) is 21.8. The zero-order valence-corrected chi connectivity index (χ0v) is 16.9. The molecule has 3 aliphatic rings. The number of imide groups is 1. The van der Waals surface area contributed by atoms with Crippen molar-refractivity contribution < 1.29 is 33.4 Å². The Morgan fingerprint density at radius 3 is 2.33 bits per heavy atom. The van der Waals surface area contributed by atoms with Crippen LogP contribution in [0.4, 0.5) is 4.79 Å². The van der Waals surface area contributed by atoms with Crippen molar-refractivity contribution in [3.63, 3.8) is 0 Å². The Bertz CT molecular complexity index is 806. The average Bonchev–Trinajstić information content (AvgIpc) is 2.95. The van der Waals surface area contributed by atoms with Gasteiger partial charge in [-0.15, -0.1) is 0 Å². The molecule has 0 aromatic heterocycles. The van der Waals surface area contributed by atoms with Crippen LogP contribution in [0.3, 0.4) is 0 Å². The maximum atomic E-state index is 12.4. The second-order valence-electron chi connectivity index (χ2n) is 7.33. The van der Waals surface area contributed by atoms with E-state index in [1.54, 1.807) is 13.8 Å². The van der Waals surface area contributed by atoms with Gasteiger partial charge >= 0.3 is 18.0 Å². The van der Waals surface area contributed by atoms with Crippen LogP contribution in [0.5, 0.6) is 0 Å². The first-order valence-corrected chi connectivity index (χ1v) is 9.97. The van der Waals surface area contributed by atoms with Crippen molar-refractivity contribution in [2.75, 3.05) is 19.8 Å². The summed E-state index contributed by atoms with van der Waals surface area (Å²) in [5, 5.41) is 5.01. The quantitative estimate of drug-likeness (QED) is 0.347. The number of ether oxygens (including phenoxy) is 2. The second-order valence-corrected chi connectivity index (χ2v) is 7.33. The minimum Gasteiger partial charge on any atom is -0.463 e. The van der Waals surface area contributed by atoms with Gasteiger partial charge in [-0.2, -0.15) is 0 Å². The molecule has 30 heavy (non-hydrogen) atoms. The molecule has 3 rings (SSSR count). The van der Waals surface area contributed by atoms with Gasteiger partial charge in [-0.05, 0) is 26.7 Å². The van der Waals surface area contributed by atoms with E-state index in [0.717, 1.165) is 4.90 Å². The molecule has 1 saturated heterocycles. The number of likely N-dealkylation sites (tertiary alicyclic amines) is 1. The van der Waals surface area contributed by atoms with Crippen molar-refractivity contribution in [3.8, 4) is 0 Å². The highest BCUT2D eigenvalue weighted by atomic mass is 16.5. The Morgan fingerprint density at radius 2 is 1.73 bits per heavy atom. The number of hydrogen-bond donors (Lipinski definition) is 2. The van der Waals surface area contributed by atoms with Crippen LogP contribution in [0.25, 0.3) is 0 Å². The van der Waals surface area contributed by atoms with Crippen LogP contribution >= 0.6 is 0 Å². The van der Waals surface area contributed by atoms with Gasteiger partial charge in [0.25, 0.3) is 0 Å². The molecule has 0 bridgehead atoms. The average molecular weight is 419 g/mol. The van der Waals surface area contributed by atoms with Gasteiger partial charge in [-0.3, -0.25) is 19.3 Å². The van der Waals surface area contributed by atoms with Crippen molar-refractivity contribution in [2.24, 2.45) is 11.8 Å². The fourth-order valence-corrected chi connectivity index (χ4v) is 3.91. The number of hydrogen-bond acceptors (Lipinski definition) is 7. The van der Waals surface area contributed by atoms with Crippen LogP contribution in [-0.4, -0.2) is 60.5 Å². The van der Waals surface area contributed by atoms with Gasteiger partial charge in [0.05, 0.1) is 42.2 Å². The van der Waals surface area contributed by atoms with Crippen molar-refractivity contribution in [1.29, 1.82) is 0 Å². The molecule has 0 saturated carbocycles. The number of fused-ring (bicyclic) bond motifs is 1. The zero-order valence-electron chi connectivity index (χ0n) is 16.9. The Kier molecular flexibility index (Phi) is 6.53. The SMILES string of the molecule is CCOC(=O)C1=C(COC(=O)CCN2C(=O)[C@H]3CC=CC[C@@H]3C2=O)NC(=O)N[C@H]1C. The van der Waals surface area contributed by atoms with Crippen LogP contribution in [0.15, 0.2) is 23.4 Å². The molecule has 0 spiro atoms. The van der Waals surface area contributed by atoms with Gasteiger partial charge in [0, 0.05) is 6.54 Å². The first-order chi connectivity index (χ1) is 14.3. The highest BCUT2D eigenvalue weighted by Crippen LogP contribution is 2.35. The maximum absolute atomic E-state index is 12.4.